The first kappa shape index (κ1) is 25.2. The molecule has 0 aromatic heterocycles. The minimum atomic E-state index is -0.630. The monoisotopic (exact) mass is 540 g/mol. The first-order chi connectivity index (χ1) is 19.0. The molecule has 2 amide bonds. The molecule has 0 saturated heterocycles. The largest absolute Gasteiger partial charge is 0.454 e. The Morgan fingerprint density at radius 3 is 2.79 bits per heavy atom. The lowest BCUT2D eigenvalue weighted by atomic mass is 10.1. The summed E-state index contributed by atoms with van der Waals surface area (Å²) in [7, 11) is 0. The predicted octanol–water partition coefficient (Wildman–Crippen LogP) is 5.02. The van der Waals surface area contributed by atoms with Crippen LogP contribution in [0.15, 0.2) is 70.6 Å². The number of ether oxygens (including phenoxy) is 2. The molecule has 0 spiro atoms. The molecule has 8 nitrogen and oxygen atoms in total. The summed E-state index contributed by atoms with van der Waals surface area (Å²) in [6.45, 7) is 4.76. The van der Waals surface area contributed by atoms with Gasteiger partial charge in [-0.15, -0.1) is 0 Å². The first-order valence-electron chi connectivity index (χ1n) is 12.9. The number of thioether (sulfide) groups is 1. The van der Waals surface area contributed by atoms with Crippen molar-refractivity contribution in [3.8, 4) is 11.5 Å². The molecular weight excluding hydrogens is 512 g/mol. The number of hydrogen-bond donors (Lipinski definition) is 1. The second-order valence-corrected chi connectivity index (χ2v) is 10.7. The Balaban J connectivity index is 1.12. The molecule has 1 atom stereocenters. The molecule has 6 rings (SSSR count). The summed E-state index contributed by atoms with van der Waals surface area (Å²) in [4.78, 5) is 37.4. The van der Waals surface area contributed by atoms with Gasteiger partial charge in [0.15, 0.2) is 16.7 Å². The van der Waals surface area contributed by atoms with E-state index >= 15 is 0 Å². The second kappa shape index (κ2) is 10.6. The quantitative estimate of drug-likeness (QED) is 0.454. The third-order valence-electron chi connectivity index (χ3n) is 6.97. The van der Waals surface area contributed by atoms with Crippen LogP contribution in [-0.2, 0) is 21.9 Å². The van der Waals surface area contributed by atoms with E-state index in [1.807, 2.05) is 42.5 Å². The highest BCUT2D eigenvalue weighted by molar-refractivity contribution is 8.13. The van der Waals surface area contributed by atoms with Crippen molar-refractivity contribution in [2.24, 2.45) is 9.98 Å². The zero-order chi connectivity index (χ0) is 26.9. The normalized spacial score (nSPS) is 16.9. The average Bonchev–Trinajstić information content (AvgIpc) is 3.54. The van der Waals surface area contributed by atoms with Gasteiger partial charge in [0.05, 0.1) is 5.69 Å². The van der Waals surface area contributed by atoms with Gasteiger partial charge in [0.25, 0.3) is 5.91 Å². The average molecular weight is 541 g/mol. The molecule has 3 aliphatic rings. The Labute approximate surface area is 231 Å². The Morgan fingerprint density at radius 1 is 1.08 bits per heavy atom. The number of amidine groups is 2. The van der Waals surface area contributed by atoms with Crippen LogP contribution in [0.4, 0.5) is 5.69 Å². The van der Waals surface area contributed by atoms with Crippen molar-refractivity contribution >= 4 is 40.3 Å². The lowest BCUT2D eigenvalue weighted by Gasteiger charge is -2.25. The third-order valence-corrected chi connectivity index (χ3v) is 7.96. The van der Waals surface area contributed by atoms with E-state index < -0.39 is 6.04 Å². The van der Waals surface area contributed by atoms with Crippen LogP contribution in [0.25, 0.3) is 0 Å². The van der Waals surface area contributed by atoms with Crippen LogP contribution >= 0.6 is 11.8 Å². The Kier molecular flexibility index (Phi) is 6.83. The van der Waals surface area contributed by atoms with Crippen LogP contribution < -0.4 is 14.8 Å². The summed E-state index contributed by atoms with van der Waals surface area (Å²) < 4.78 is 10.7. The van der Waals surface area contributed by atoms with Gasteiger partial charge in [-0.25, -0.2) is 9.89 Å². The molecule has 3 aliphatic heterocycles. The van der Waals surface area contributed by atoms with Crippen LogP contribution in [0.5, 0.6) is 11.5 Å². The maximum atomic E-state index is 13.5. The number of aryl methyl sites for hydroxylation is 2. The molecular formula is C30H28N4O4S. The van der Waals surface area contributed by atoms with Gasteiger partial charge in [-0.1, -0.05) is 53.7 Å². The van der Waals surface area contributed by atoms with Gasteiger partial charge in [0.1, 0.15) is 11.9 Å². The maximum Gasteiger partial charge on any atom is 0.259 e. The SMILES string of the molecule is Cc1ccc(CSC2=Nc3ccccc3C3=NC(CCC(=O)NCc4ccc5c(c4)OCO5)C(=O)N23)c(C)c1. The number of carbonyl (C=O) groups is 2. The smallest absolute Gasteiger partial charge is 0.259 e. The number of fused-ring (bicyclic) bond motifs is 4. The Hall–Kier alpha value is -4.11. The van der Waals surface area contributed by atoms with Gasteiger partial charge < -0.3 is 14.8 Å². The number of aliphatic imine (C=N–C) groups is 2. The Bertz CT molecular complexity index is 1530. The summed E-state index contributed by atoms with van der Waals surface area (Å²) in [5.74, 6) is 2.41. The number of benzene rings is 3. The minimum Gasteiger partial charge on any atom is -0.454 e. The van der Waals surface area contributed by atoms with Crippen molar-refractivity contribution in [2.75, 3.05) is 6.79 Å². The minimum absolute atomic E-state index is 0.135. The highest BCUT2D eigenvalue weighted by atomic mass is 32.2. The van der Waals surface area contributed by atoms with Crippen molar-refractivity contribution in [2.45, 2.75) is 45.0 Å². The van der Waals surface area contributed by atoms with Gasteiger partial charge in [-0.3, -0.25) is 14.6 Å². The number of rotatable bonds is 7. The number of hydrogen-bond acceptors (Lipinski definition) is 7. The lowest BCUT2D eigenvalue weighted by Crippen LogP contribution is -2.41. The van der Waals surface area contributed by atoms with Crippen LogP contribution in [-0.4, -0.2) is 40.6 Å². The topological polar surface area (TPSA) is 92.6 Å². The number of nitrogens with one attached hydrogen (secondary N) is 1. The molecule has 3 aromatic carbocycles. The molecule has 0 saturated carbocycles. The third kappa shape index (κ3) is 5.14. The van der Waals surface area contributed by atoms with Crippen molar-refractivity contribution in [1.82, 2.24) is 10.2 Å². The van der Waals surface area contributed by atoms with Crippen molar-refractivity contribution in [3.63, 3.8) is 0 Å². The van der Waals surface area contributed by atoms with E-state index in [1.165, 1.54) is 28.5 Å². The number of amides is 2. The molecule has 9 heteroatoms. The number of para-hydroxylation sites is 1. The van der Waals surface area contributed by atoms with Crippen molar-refractivity contribution in [1.29, 1.82) is 0 Å². The zero-order valence-corrected chi connectivity index (χ0v) is 22.6. The predicted molar refractivity (Wildman–Crippen MR) is 152 cm³/mol. The van der Waals surface area contributed by atoms with Gasteiger partial charge in [-0.2, -0.15) is 0 Å². The lowest BCUT2D eigenvalue weighted by molar-refractivity contribution is -0.125. The van der Waals surface area contributed by atoms with E-state index in [1.54, 1.807) is 4.90 Å². The number of nitrogens with zero attached hydrogens (tertiary/aromatic N) is 3. The van der Waals surface area contributed by atoms with Crippen LogP contribution in [0.1, 0.15) is 40.7 Å². The van der Waals surface area contributed by atoms with Crippen LogP contribution in [0.3, 0.4) is 0 Å². The highest BCUT2D eigenvalue weighted by Crippen LogP contribution is 2.35. The van der Waals surface area contributed by atoms with E-state index in [4.69, 9.17) is 19.5 Å². The van der Waals surface area contributed by atoms with Crippen LogP contribution in [0, 0.1) is 13.8 Å². The molecule has 3 aromatic rings. The molecule has 1 unspecified atom stereocenters. The van der Waals surface area contributed by atoms with Gasteiger partial charge in [0.2, 0.25) is 12.7 Å². The molecule has 1 N–H and O–H groups in total. The summed E-state index contributed by atoms with van der Waals surface area (Å²) >= 11 is 1.53. The Morgan fingerprint density at radius 2 is 1.92 bits per heavy atom. The first-order valence-corrected chi connectivity index (χ1v) is 13.9. The van der Waals surface area contributed by atoms with E-state index in [0.29, 0.717) is 41.2 Å². The van der Waals surface area contributed by atoms with Gasteiger partial charge in [-0.05, 0) is 61.2 Å². The molecule has 198 valence electrons. The van der Waals surface area contributed by atoms with Crippen molar-refractivity contribution in [3.05, 3.63) is 88.5 Å². The standard InChI is InChI=1S/C30H28N4O4S/c1-18-7-9-21(19(2)13-18)16-39-30-33-23-6-4-3-5-22(23)28-32-24(29(36)34(28)30)10-12-27(35)31-15-20-8-11-25-26(14-20)38-17-37-25/h3-9,11,13-14,24H,10,12,15-17H2,1-2H3,(H,31,35). The molecule has 39 heavy (non-hydrogen) atoms. The second-order valence-electron chi connectivity index (χ2n) is 9.78. The number of carbonyl (C=O) groups excluding carboxylic acids is 2. The molecule has 3 heterocycles. The summed E-state index contributed by atoms with van der Waals surface area (Å²) in [5, 5.41) is 3.54. The fourth-order valence-corrected chi connectivity index (χ4v) is 5.92. The van der Waals surface area contributed by atoms with Crippen LogP contribution in [0.2, 0.25) is 0 Å². The van der Waals surface area contributed by atoms with E-state index in [-0.39, 0.29) is 25.0 Å². The van der Waals surface area contributed by atoms with Crippen molar-refractivity contribution < 1.29 is 19.1 Å². The van der Waals surface area contributed by atoms with E-state index in [9.17, 15) is 9.59 Å². The van der Waals surface area contributed by atoms with Gasteiger partial charge in [0, 0.05) is 24.3 Å². The molecule has 0 radical (unpaired) electrons. The van der Waals surface area contributed by atoms with E-state index in [0.717, 1.165) is 16.8 Å². The fraction of sp³-hybridized carbons (Fsp3) is 0.267. The van der Waals surface area contributed by atoms with E-state index in [2.05, 4.69) is 37.4 Å². The highest BCUT2D eigenvalue weighted by Gasteiger charge is 2.41. The summed E-state index contributed by atoms with van der Waals surface area (Å²) in [6.07, 6.45) is 0.512. The summed E-state index contributed by atoms with van der Waals surface area (Å²) in [5.41, 5.74) is 6.18. The molecule has 0 aliphatic carbocycles. The maximum absolute atomic E-state index is 13.5. The summed E-state index contributed by atoms with van der Waals surface area (Å²) in [6, 6.07) is 19.1. The molecule has 0 bridgehead atoms. The molecule has 0 fully saturated rings. The van der Waals surface area contributed by atoms with Gasteiger partial charge >= 0.3 is 0 Å². The zero-order valence-electron chi connectivity index (χ0n) is 21.8. The fourth-order valence-electron chi connectivity index (χ4n) is 4.84.